The van der Waals surface area contributed by atoms with Gasteiger partial charge in [-0.05, 0) is 80.1 Å². The molecular formula is C28H25BrFNO4. The molecule has 0 aliphatic heterocycles. The third-order valence-electron chi connectivity index (χ3n) is 5.42. The van der Waals surface area contributed by atoms with Crippen molar-refractivity contribution >= 4 is 21.9 Å². The highest BCUT2D eigenvalue weighted by Gasteiger charge is 2.16. The van der Waals surface area contributed by atoms with E-state index in [0.717, 1.165) is 32.7 Å². The molecule has 0 atom stereocenters. The molecule has 1 heterocycles. The van der Waals surface area contributed by atoms with E-state index in [1.165, 1.54) is 0 Å². The summed E-state index contributed by atoms with van der Waals surface area (Å²) in [7, 11) is 0. The summed E-state index contributed by atoms with van der Waals surface area (Å²) in [5.74, 6) is 0.785. The first-order valence-corrected chi connectivity index (χ1v) is 12.0. The predicted molar refractivity (Wildman–Crippen MR) is 137 cm³/mol. The van der Waals surface area contributed by atoms with Crippen LogP contribution in [0.5, 0.6) is 11.5 Å². The van der Waals surface area contributed by atoms with Crippen LogP contribution in [0.3, 0.4) is 0 Å². The molecule has 3 aromatic carbocycles. The summed E-state index contributed by atoms with van der Waals surface area (Å²) in [6, 6.07) is 24.4. The Balaban J connectivity index is 1.69. The summed E-state index contributed by atoms with van der Waals surface area (Å²) in [4.78, 5) is 12.3. The fourth-order valence-corrected chi connectivity index (χ4v) is 4.22. The van der Waals surface area contributed by atoms with E-state index in [2.05, 4.69) is 20.5 Å². The highest BCUT2D eigenvalue weighted by molar-refractivity contribution is 9.10. The zero-order valence-electron chi connectivity index (χ0n) is 19.5. The third kappa shape index (κ3) is 5.74. The number of carbonyl (C=O) groups is 1. The van der Waals surface area contributed by atoms with Crippen LogP contribution >= 0.6 is 15.9 Å². The molecule has 0 saturated carbocycles. The summed E-state index contributed by atoms with van der Waals surface area (Å²) in [6.07, 6.45) is 0. The largest absolute Gasteiger partial charge is 0.488 e. The summed E-state index contributed by atoms with van der Waals surface area (Å²) < 4.78 is 31.9. The molecule has 7 heteroatoms. The maximum atomic E-state index is 12.5. The Morgan fingerprint density at radius 2 is 1.80 bits per heavy atom. The minimum absolute atomic E-state index is 0.288. The van der Waals surface area contributed by atoms with Gasteiger partial charge in [-0.1, -0.05) is 34.1 Å². The van der Waals surface area contributed by atoms with E-state index in [0.29, 0.717) is 23.7 Å². The lowest BCUT2D eigenvalue weighted by Gasteiger charge is -2.17. The molecule has 0 N–H and O–H groups in total. The van der Waals surface area contributed by atoms with Crippen LogP contribution in [0.25, 0.3) is 16.9 Å². The van der Waals surface area contributed by atoms with Crippen molar-refractivity contribution < 1.29 is 23.4 Å². The van der Waals surface area contributed by atoms with Crippen LogP contribution < -0.4 is 9.47 Å². The van der Waals surface area contributed by atoms with Gasteiger partial charge in [0, 0.05) is 21.4 Å². The first-order valence-electron chi connectivity index (χ1n) is 11.2. The SMILES string of the molecule is CCOC(=O)c1cccc(-n2c(C)ccc2-c2cc(Br)ccc2OCc2cccc(OCF)c2)c1. The second-order valence-corrected chi connectivity index (χ2v) is 8.71. The summed E-state index contributed by atoms with van der Waals surface area (Å²) in [5, 5.41) is 0. The first-order chi connectivity index (χ1) is 17.0. The number of aromatic nitrogens is 1. The first kappa shape index (κ1) is 24.5. The van der Waals surface area contributed by atoms with Gasteiger partial charge in [-0.2, -0.15) is 0 Å². The van der Waals surface area contributed by atoms with Crippen molar-refractivity contribution in [2.24, 2.45) is 0 Å². The minimum atomic E-state index is -0.880. The fourth-order valence-electron chi connectivity index (χ4n) is 3.86. The number of nitrogens with zero attached hydrogens (tertiary/aromatic N) is 1. The highest BCUT2D eigenvalue weighted by atomic mass is 79.9. The fraction of sp³-hybridized carbons (Fsp3) is 0.179. The van der Waals surface area contributed by atoms with Crippen LogP contribution in [-0.2, 0) is 11.3 Å². The van der Waals surface area contributed by atoms with Crippen LogP contribution in [0.4, 0.5) is 4.39 Å². The number of benzene rings is 3. The third-order valence-corrected chi connectivity index (χ3v) is 5.92. The molecule has 4 aromatic rings. The van der Waals surface area contributed by atoms with Crippen molar-refractivity contribution in [2.45, 2.75) is 20.5 Å². The molecule has 5 nitrogen and oxygen atoms in total. The number of carbonyl (C=O) groups excluding carboxylic acids is 1. The molecule has 0 fully saturated rings. The lowest BCUT2D eigenvalue weighted by molar-refractivity contribution is 0.0526. The maximum Gasteiger partial charge on any atom is 0.338 e. The van der Waals surface area contributed by atoms with Crippen molar-refractivity contribution in [1.29, 1.82) is 0 Å². The number of hydrogen-bond donors (Lipinski definition) is 0. The van der Waals surface area contributed by atoms with E-state index < -0.39 is 6.86 Å². The summed E-state index contributed by atoms with van der Waals surface area (Å²) >= 11 is 3.57. The quantitative estimate of drug-likeness (QED) is 0.210. The molecule has 0 saturated heterocycles. The molecule has 35 heavy (non-hydrogen) atoms. The number of rotatable bonds is 9. The van der Waals surface area contributed by atoms with E-state index in [4.69, 9.17) is 14.2 Å². The lowest BCUT2D eigenvalue weighted by atomic mass is 10.1. The zero-order valence-corrected chi connectivity index (χ0v) is 21.0. The van der Waals surface area contributed by atoms with Gasteiger partial charge >= 0.3 is 5.97 Å². The van der Waals surface area contributed by atoms with Crippen molar-refractivity contribution in [3.63, 3.8) is 0 Å². The van der Waals surface area contributed by atoms with E-state index in [1.807, 2.05) is 61.5 Å². The maximum absolute atomic E-state index is 12.5. The van der Waals surface area contributed by atoms with Gasteiger partial charge in [0.1, 0.15) is 18.1 Å². The molecule has 0 aliphatic rings. The van der Waals surface area contributed by atoms with Crippen molar-refractivity contribution in [3.8, 4) is 28.4 Å². The van der Waals surface area contributed by atoms with Crippen LogP contribution in [0, 0.1) is 6.92 Å². The molecule has 180 valence electrons. The second kappa shape index (κ2) is 11.2. The normalized spacial score (nSPS) is 10.7. The van der Waals surface area contributed by atoms with Crippen LogP contribution in [0.2, 0.25) is 0 Å². The number of ether oxygens (including phenoxy) is 3. The molecule has 1 aromatic heterocycles. The minimum Gasteiger partial charge on any atom is -0.488 e. The van der Waals surface area contributed by atoms with Crippen LogP contribution in [-0.4, -0.2) is 24.0 Å². The standard InChI is InChI=1S/C28H25BrFNO4/c1-3-33-28(32)21-7-5-8-23(15-21)31-19(2)10-12-26(31)25-16-22(29)11-13-27(25)34-17-20-6-4-9-24(14-20)35-18-30/h4-16H,3,17-18H2,1-2H3. The summed E-state index contributed by atoms with van der Waals surface area (Å²) in [6.45, 7) is 3.52. The van der Waals surface area contributed by atoms with Gasteiger partial charge in [0.05, 0.1) is 17.9 Å². The number of hydrogen-bond acceptors (Lipinski definition) is 4. The topological polar surface area (TPSA) is 49.7 Å². The van der Waals surface area contributed by atoms with Gasteiger partial charge in [-0.25, -0.2) is 9.18 Å². The summed E-state index contributed by atoms with van der Waals surface area (Å²) in [5.41, 5.74) is 4.99. The van der Waals surface area contributed by atoms with Gasteiger partial charge < -0.3 is 18.8 Å². The molecule has 0 bridgehead atoms. The van der Waals surface area contributed by atoms with E-state index >= 15 is 0 Å². The smallest absolute Gasteiger partial charge is 0.338 e. The molecular weight excluding hydrogens is 513 g/mol. The zero-order chi connectivity index (χ0) is 24.8. The predicted octanol–water partition coefficient (Wildman–Crippen LogP) is 7.28. The molecule has 0 unspecified atom stereocenters. The monoisotopic (exact) mass is 537 g/mol. The van der Waals surface area contributed by atoms with Crippen molar-refractivity contribution in [1.82, 2.24) is 4.57 Å². The van der Waals surface area contributed by atoms with Gasteiger partial charge in [0.15, 0.2) is 0 Å². The number of alkyl halides is 1. The second-order valence-electron chi connectivity index (χ2n) is 7.80. The molecule has 4 rings (SSSR count). The van der Waals surface area contributed by atoms with Crippen LogP contribution in [0.1, 0.15) is 28.5 Å². The number of halogens is 2. The Morgan fingerprint density at radius 1 is 0.971 bits per heavy atom. The van der Waals surface area contributed by atoms with E-state index in [-0.39, 0.29) is 12.6 Å². The van der Waals surface area contributed by atoms with Gasteiger partial charge in [0.25, 0.3) is 0 Å². The van der Waals surface area contributed by atoms with E-state index in [9.17, 15) is 9.18 Å². The van der Waals surface area contributed by atoms with Crippen molar-refractivity contribution in [2.75, 3.05) is 13.5 Å². The average Bonchev–Trinajstić information content (AvgIpc) is 3.25. The van der Waals surface area contributed by atoms with Crippen LogP contribution in [0.15, 0.2) is 83.3 Å². The Morgan fingerprint density at radius 3 is 2.60 bits per heavy atom. The Labute approximate surface area is 212 Å². The highest BCUT2D eigenvalue weighted by Crippen LogP contribution is 2.36. The lowest BCUT2D eigenvalue weighted by Crippen LogP contribution is -2.07. The Kier molecular flexibility index (Phi) is 7.87. The van der Waals surface area contributed by atoms with Gasteiger partial charge in [-0.3, -0.25) is 0 Å². The Bertz CT molecular complexity index is 1330. The molecule has 0 amide bonds. The van der Waals surface area contributed by atoms with Gasteiger partial charge in [0.2, 0.25) is 6.86 Å². The average molecular weight is 538 g/mol. The van der Waals surface area contributed by atoms with Gasteiger partial charge in [-0.15, -0.1) is 0 Å². The van der Waals surface area contributed by atoms with E-state index in [1.54, 1.807) is 31.2 Å². The van der Waals surface area contributed by atoms with Crippen molar-refractivity contribution in [3.05, 3.63) is 100 Å². The number of esters is 1. The molecule has 0 aliphatic carbocycles. The molecule has 0 spiro atoms. The molecule has 0 radical (unpaired) electrons. The number of aryl methyl sites for hydroxylation is 1. The Hall–Kier alpha value is -3.58.